The molecule has 1 fully saturated rings. The molecule has 4 nitrogen and oxygen atoms in total. The molecule has 1 aromatic heterocycles. The van der Waals surface area contributed by atoms with E-state index in [9.17, 15) is 0 Å². The van der Waals surface area contributed by atoms with Crippen LogP contribution in [0.15, 0.2) is 16.7 Å². The lowest BCUT2D eigenvalue weighted by Crippen LogP contribution is -2.32. The molecule has 17 heavy (non-hydrogen) atoms. The van der Waals surface area contributed by atoms with Gasteiger partial charge in [-0.25, -0.2) is 0 Å². The van der Waals surface area contributed by atoms with E-state index in [0.29, 0.717) is 12.6 Å². The summed E-state index contributed by atoms with van der Waals surface area (Å²) >= 11 is 0. The summed E-state index contributed by atoms with van der Waals surface area (Å²) in [6.45, 7) is 3.24. The van der Waals surface area contributed by atoms with Crippen LogP contribution in [-0.4, -0.2) is 31.2 Å². The van der Waals surface area contributed by atoms with Crippen molar-refractivity contribution in [3.8, 4) is 0 Å². The van der Waals surface area contributed by atoms with E-state index in [1.54, 1.807) is 6.26 Å². The van der Waals surface area contributed by atoms with Gasteiger partial charge in [-0.3, -0.25) is 4.90 Å². The van der Waals surface area contributed by atoms with E-state index in [1.807, 2.05) is 6.07 Å². The molecule has 1 aliphatic rings. The minimum absolute atomic E-state index is 0.387. The van der Waals surface area contributed by atoms with E-state index in [2.05, 4.69) is 11.9 Å². The third-order valence-corrected chi connectivity index (χ3v) is 3.16. The average Bonchev–Trinajstić information content (AvgIpc) is 2.78. The highest BCUT2D eigenvalue weighted by Gasteiger charge is 2.16. The molecule has 0 aromatic carbocycles. The predicted molar refractivity (Wildman–Crippen MR) is 66.5 cm³/mol. The minimum atomic E-state index is 0.387. The monoisotopic (exact) mass is 238 g/mol. The van der Waals surface area contributed by atoms with Crippen LogP contribution in [0.4, 0.5) is 0 Å². The Morgan fingerprint density at radius 1 is 1.47 bits per heavy atom. The van der Waals surface area contributed by atoms with E-state index in [0.717, 1.165) is 31.0 Å². The van der Waals surface area contributed by atoms with Gasteiger partial charge in [-0.15, -0.1) is 0 Å². The van der Waals surface area contributed by atoms with Crippen LogP contribution in [0.25, 0.3) is 0 Å². The maximum Gasteiger partial charge on any atom is 0.118 e. The van der Waals surface area contributed by atoms with Crippen LogP contribution < -0.4 is 5.73 Å². The van der Waals surface area contributed by atoms with E-state index in [4.69, 9.17) is 14.9 Å². The van der Waals surface area contributed by atoms with Gasteiger partial charge in [-0.2, -0.15) is 0 Å². The Bertz CT molecular complexity index is 332. The highest BCUT2D eigenvalue weighted by molar-refractivity contribution is 5.12. The maximum absolute atomic E-state index is 5.72. The Balaban J connectivity index is 1.77. The summed E-state index contributed by atoms with van der Waals surface area (Å²) in [5, 5.41) is 0. The molecule has 2 rings (SSSR count). The predicted octanol–water partition coefficient (Wildman–Crippen LogP) is 1.74. The number of ether oxygens (including phenoxy) is 1. The zero-order chi connectivity index (χ0) is 12.1. The van der Waals surface area contributed by atoms with Gasteiger partial charge in [-0.1, -0.05) is 0 Å². The number of likely N-dealkylation sites (N-methyl/N-ethyl adjacent to an activating group) is 1. The van der Waals surface area contributed by atoms with Crippen LogP contribution in [0.3, 0.4) is 0 Å². The van der Waals surface area contributed by atoms with Gasteiger partial charge in [0.15, 0.2) is 0 Å². The average molecular weight is 238 g/mol. The Morgan fingerprint density at radius 3 is 3.00 bits per heavy atom. The third-order valence-electron chi connectivity index (χ3n) is 3.16. The largest absolute Gasteiger partial charge is 0.468 e. The summed E-state index contributed by atoms with van der Waals surface area (Å²) in [5.41, 5.74) is 6.61. The smallest absolute Gasteiger partial charge is 0.118 e. The van der Waals surface area contributed by atoms with E-state index in [-0.39, 0.29) is 0 Å². The molecule has 2 heterocycles. The fourth-order valence-electron chi connectivity index (χ4n) is 2.25. The first-order chi connectivity index (χ1) is 8.28. The molecule has 0 amide bonds. The van der Waals surface area contributed by atoms with Gasteiger partial charge in [0.05, 0.1) is 18.9 Å². The molecule has 1 saturated heterocycles. The summed E-state index contributed by atoms with van der Waals surface area (Å²) < 4.78 is 11.2. The Labute approximate surface area is 103 Å². The van der Waals surface area contributed by atoms with Crippen molar-refractivity contribution in [2.75, 3.05) is 20.2 Å². The van der Waals surface area contributed by atoms with Crippen molar-refractivity contribution in [1.29, 1.82) is 0 Å². The van der Waals surface area contributed by atoms with E-state index < -0.39 is 0 Å². The lowest BCUT2D eigenvalue weighted by molar-refractivity contribution is -0.00338. The summed E-state index contributed by atoms with van der Waals surface area (Å²) in [4.78, 5) is 2.25. The third kappa shape index (κ3) is 3.84. The molecular formula is C13H22N2O2. The van der Waals surface area contributed by atoms with Crippen LogP contribution in [-0.2, 0) is 17.8 Å². The first-order valence-corrected chi connectivity index (χ1v) is 6.34. The van der Waals surface area contributed by atoms with Crippen molar-refractivity contribution in [2.24, 2.45) is 5.73 Å². The molecule has 1 atom stereocenters. The SMILES string of the molecule is CN(Cc1cc(CN)co1)CC1CCCCO1. The first kappa shape index (κ1) is 12.6. The molecule has 1 aromatic rings. The number of rotatable bonds is 5. The molecule has 1 aliphatic heterocycles. The molecule has 0 aliphatic carbocycles. The van der Waals surface area contributed by atoms with Gasteiger partial charge >= 0.3 is 0 Å². The number of hydrogen-bond donors (Lipinski definition) is 1. The summed E-state index contributed by atoms with van der Waals surface area (Å²) in [6.07, 6.45) is 5.80. The summed E-state index contributed by atoms with van der Waals surface area (Å²) in [7, 11) is 2.10. The fourth-order valence-corrected chi connectivity index (χ4v) is 2.25. The quantitative estimate of drug-likeness (QED) is 0.849. The van der Waals surface area contributed by atoms with Crippen LogP contribution in [0.2, 0.25) is 0 Å². The number of hydrogen-bond acceptors (Lipinski definition) is 4. The van der Waals surface area contributed by atoms with Crippen molar-refractivity contribution >= 4 is 0 Å². The normalized spacial score (nSPS) is 21.0. The zero-order valence-electron chi connectivity index (χ0n) is 10.5. The van der Waals surface area contributed by atoms with E-state index >= 15 is 0 Å². The molecule has 4 heteroatoms. The summed E-state index contributed by atoms with van der Waals surface area (Å²) in [6, 6.07) is 2.03. The second kappa shape index (κ2) is 6.19. The van der Waals surface area contributed by atoms with E-state index in [1.165, 1.54) is 19.3 Å². The number of furan rings is 1. The van der Waals surface area contributed by atoms with Crippen LogP contribution in [0, 0.1) is 0 Å². The Morgan fingerprint density at radius 2 is 2.35 bits per heavy atom. The van der Waals surface area contributed by atoms with Gasteiger partial charge in [0.25, 0.3) is 0 Å². The molecule has 0 saturated carbocycles. The van der Waals surface area contributed by atoms with Crippen molar-refractivity contribution in [1.82, 2.24) is 4.90 Å². The van der Waals surface area contributed by atoms with Crippen molar-refractivity contribution in [3.63, 3.8) is 0 Å². The van der Waals surface area contributed by atoms with Gasteiger partial charge in [0, 0.05) is 25.3 Å². The molecule has 1 unspecified atom stereocenters. The molecule has 2 N–H and O–H groups in total. The highest BCUT2D eigenvalue weighted by Crippen LogP contribution is 2.15. The molecular weight excluding hydrogens is 216 g/mol. The van der Waals surface area contributed by atoms with Gasteiger partial charge in [0.1, 0.15) is 5.76 Å². The maximum atomic E-state index is 5.72. The standard InChI is InChI=1S/C13H22N2O2/c1-15(8-12-4-2-3-5-16-12)9-13-6-11(7-14)10-17-13/h6,10,12H,2-5,7-9,14H2,1H3. The van der Waals surface area contributed by atoms with Gasteiger partial charge < -0.3 is 14.9 Å². The van der Waals surface area contributed by atoms with Crippen molar-refractivity contribution in [2.45, 2.75) is 38.5 Å². The molecule has 0 bridgehead atoms. The minimum Gasteiger partial charge on any atom is -0.468 e. The van der Waals surface area contributed by atoms with Crippen LogP contribution >= 0.6 is 0 Å². The second-order valence-corrected chi connectivity index (χ2v) is 4.81. The molecule has 0 spiro atoms. The lowest BCUT2D eigenvalue weighted by atomic mass is 10.1. The Hall–Kier alpha value is -0.840. The molecule has 0 radical (unpaired) electrons. The van der Waals surface area contributed by atoms with Crippen LogP contribution in [0.5, 0.6) is 0 Å². The number of nitrogens with zero attached hydrogens (tertiary/aromatic N) is 1. The molecule has 96 valence electrons. The topological polar surface area (TPSA) is 51.6 Å². The fraction of sp³-hybridized carbons (Fsp3) is 0.692. The highest BCUT2D eigenvalue weighted by atomic mass is 16.5. The van der Waals surface area contributed by atoms with Crippen molar-refractivity contribution < 1.29 is 9.15 Å². The lowest BCUT2D eigenvalue weighted by Gasteiger charge is -2.26. The van der Waals surface area contributed by atoms with Gasteiger partial charge in [-0.05, 0) is 32.4 Å². The first-order valence-electron chi connectivity index (χ1n) is 6.34. The van der Waals surface area contributed by atoms with Crippen molar-refractivity contribution in [3.05, 3.63) is 23.7 Å². The second-order valence-electron chi connectivity index (χ2n) is 4.81. The Kier molecular flexibility index (Phi) is 4.59. The van der Waals surface area contributed by atoms with Crippen LogP contribution in [0.1, 0.15) is 30.6 Å². The zero-order valence-corrected chi connectivity index (χ0v) is 10.5. The summed E-state index contributed by atoms with van der Waals surface area (Å²) in [5.74, 6) is 0.976. The number of nitrogens with two attached hydrogens (primary N) is 1. The van der Waals surface area contributed by atoms with Gasteiger partial charge in [0.2, 0.25) is 0 Å².